The number of H-pyrrole nitrogens is 1. The maximum absolute atomic E-state index is 12.0. The number of aromatic amines is 1. The van der Waals surface area contributed by atoms with Crippen molar-refractivity contribution >= 4 is 16.8 Å². The number of aryl methyl sites for hydroxylation is 2. The summed E-state index contributed by atoms with van der Waals surface area (Å²) >= 11 is 0. The summed E-state index contributed by atoms with van der Waals surface area (Å²) in [6.07, 6.45) is 0.574. The Morgan fingerprint density at radius 2 is 2.17 bits per heavy atom. The summed E-state index contributed by atoms with van der Waals surface area (Å²) in [7, 11) is 0. The highest BCUT2D eigenvalue weighted by Gasteiger charge is 2.13. The Balaban J connectivity index is 2.28. The molecule has 0 spiro atoms. The van der Waals surface area contributed by atoms with E-state index in [1.54, 1.807) is 0 Å². The standard InChI is InChI=1S/C14H18N2O2/c1-9-4-5-12-11(8-9)10(2)13(16-12)14(18)15-6-3-7-17/h4-5,8,16-17H,3,6-7H2,1-2H3,(H,15,18). The van der Waals surface area contributed by atoms with Crippen molar-refractivity contribution in [3.8, 4) is 0 Å². The monoisotopic (exact) mass is 246 g/mol. The fraction of sp³-hybridized carbons (Fsp3) is 0.357. The number of nitrogens with one attached hydrogen (secondary N) is 2. The molecule has 18 heavy (non-hydrogen) atoms. The zero-order valence-corrected chi connectivity index (χ0v) is 10.7. The van der Waals surface area contributed by atoms with Gasteiger partial charge in [0.2, 0.25) is 0 Å². The zero-order valence-electron chi connectivity index (χ0n) is 10.7. The topological polar surface area (TPSA) is 65.1 Å². The van der Waals surface area contributed by atoms with Crippen molar-refractivity contribution in [1.82, 2.24) is 10.3 Å². The number of hydrogen-bond donors (Lipinski definition) is 3. The summed E-state index contributed by atoms with van der Waals surface area (Å²) in [4.78, 5) is 15.1. The van der Waals surface area contributed by atoms with Crippen LogP contribution in [0.4, 0.5) is 0 Å². The molecule has 0 aliphatic carbocycles. The highest BCUT2D eigenvalue weighted by molar-refractivity contribution is 6.00. The summed E-state index contributed by atoms with van der Waals surface area (Å²) in [5.74, 6) is -0.116. The van der Waals surface area contributed by atoms with Crippen LogP contribution in [-0.2, 0) is 0 Å². The number of aliphatic hydroxyl groups excluding tert-OH is 1. The van der Waals surface area contributed by atoms with Gasteiger partial charge in [0.25, 0.3) is 5.91 Å². The average Bonchev–Trinajstić information content (AvgIpc) is 2.67. The lowest BCUT2D eigenvalue weighted by atomic mass is 10.1. The molecular weight excluding hydrogens is 228 g/mol. The largest absolute Gasteiger partial charge is 0.396 e. The lowest BCUT2D eigenvalue weighted by molar-refractivity contribution is 0.0946. The third kappa shape index (κ3) is 2.38. The minimum absolute atomic E-state index is 0.0885. The van der Waals surface area contributed by atoms with Gasteiger partial charge in [-0.15, -0.1) is 0 Å². The molecule has 0 aliphatic rings. The molecule has 1 heterocycles. The molecule has 0 bridgehead atoms. The molecule has 0 aliphatic heterocycles. The fourth-order valence-electron chi connectivity index (χ4n) is 2.04. The van der Waals surface area contributed by atoms with E-state index in [9.17, 15) is 4.79 Å². The SMILES string of the molecule is Cc1ccc2[nH]c(C(=O)NCCCO)c(C)c2c1. The van der Waals surface area contributed by atoms with E-state index in [-0.39, 0.29) is 12.5 Å². The first-order valence-electron chi connectivity index (χ1n) is 6.11. The van der Waals surface area contributed by atoms with E-state index in [0.717, 1.165) is 16.5 Å². The Bertz CT molecular complexity index is 572. The van der Waals surface area contributed by atoms with Gasteiger partial charge < -0.3 is 15.4 Å². The molecule has 3 N–H and O–H groups in total. The molecule has 2 rings (SSSR count). The highest BCUT2D eigenvalue weighted by atomic mass is 16.3. The van der Waals surface area contributed by atoms with Crippen molar-refractivity contribution in [2.24, 2.45) is 0 Å². The number of benzene rings is 1. The van der Waals surface area contributed by atoms with Crippen LogP contribution in [0, 0.1) is 13.8 Å². The molecule has 1 amide bonds. The normalized spacial score (nSPS) is 10.8. The Hall–Kier alpha value is -1.81. The van der Waals surface area contributed by atoms with E-state index in [2.05, 4.69) is 16.4 Å². The van der Waals surface area contributed by atoms with E-state index < -0.39 is 0 Å². The van der Waals surface area contributed by atoms with Crippen LogP contribution >= 0.6 is 0 Å². The molecule has 4 heteroatoms. The van der Waals surface area contributed by atoms with Gasteiger partial charge in [-0.1, -0.05) is 11.6 Å². The Labute approximate surface area is 106 Å². The summed E-state index contributed by atoms with van der Waals surface area (Å²) in [6.45, 7) is 4.56. The third-order valence-corrected chi connectivity index (χ3v) is 3.06. The summed E-state index contributed by atoms with van der Waals surface area (Å²) in [5.41, 5.74) is 3.73. The second kappa shape index (κ2) is 5.23. The van der Waals surface area contributed by atoms with Crippen LogP contribution in [0.25, 0.3) is 10.9 Å². The van der Waals surface area contributed by atoms with Gasteiger partial charge in [0.1, 0.15) is 5.69 Å². The number of aromatic nitrogens is 1. The number of aliphatic hydroxyl groups is 1. The van der Waals surface area contributed by atoms with E-state index in [1.165, 1.54) is 5.56 Å². The zero-order chi connectivity index (χ0) is 13.1. The van der Waals surface area contributed by atoms with Gasteiger partial charge in [-0.25, -0.2) is 0 Å². The maximum atomic E-state index is 12.0. The highest BCUT2D eigenvalue weighted by Crippen LogP contribution is 2.22. The summed E-state index contributed by atoms with van der Waals surface area (Å²) < 4.78 is 0. The number of hydrogen-bond acceptors (Lipinski definition) is 2. The van der Waals surface area contributed by atoms with Gasteiger partial charge in [-0.3, -0.25) is 4.79 Å². The summed E-state index contributed by atoms with van der Waals surface area (Å²) in [6, 6.07) is 6.08. The van der Waals surface area contributed by atoms with Gasteiger partial charge in [0, 0.05) is 24.1 Å². The van der Waals surface area contributed by atoms with Crippen LogP contribution in [0.1, 0.15) is 28.0 Å². The predicted octanol–water partition coefficient (Wildman–Crippen LogP) is 1.90. The van der Waals surface area contributed by atoms with E-state index in [0.29, 0.717) is 18.7 Å². The Morgan fingerprint density at radius 3 is 2.89 bits per heavy atom. The van der Waals surface area contributed by atoms with Gasteiger partial charge in [0.15, 0.2) is 0 Å². The van der Waals surface area contributed by atoms with Crippen LogP contribution < -0.4 is 5.32 Å². The lowest BCUT2D eigenvalue weighted by Gasteiger charge is -2.02. The average molecular weight is 246 g/mol. The first-order chi connectivity index (χ1) is 8.63. The maximum Gasteiger partial charge on any atom is 0.268 e. The molecule has 96 valence electrons. The molecule has 0 unspecified atom stereocenters. The van der Waals surface area contributed by atoms with Gasteiger partial charge in [-0.2, -0.15) is 0 Å². The smallest absolute Gasteiger partial charge is 0.268 e. The van der Waals surface area contributed by atoms with E-state index >= 15 is 0 Å². The minimum atomic E-state index is -0.116. The van der Waals surface area contributed by atoms with E-state index in [4.69, 9.17) is 5.11 Å². The summed E-state index contributed by atoms with van der Waals surface area (Å²) in [5, 5.41) is 12.6. The first kappa shape index (κ1) is 12.6. The number of fused-ring (bicyclic) bond motifs is 1. The van der Waals surface area contributed by atoms with Crippen LogP contribution in [0.3, 0.4) is 0 Å². The van der Waals surface area contributed by atoms with Crippen molar-refractivity contribution in [2.45, 2.75) is 20.3 Å². The second-order valence-electron chi connectivity index (χ2n) is 4.51. The fourth-order valence-corrected chi connectivity index (χ4v) is 2.04. The molecule has 0 atom stereocenters. The van der Waals surface area contributed by atoms with Crippen LogP contribution in [-0.4, -0.2) is 29.1 Å². The molecule has 0 fully saturated rings. The molecular formula is C14H18N2O2. The molecule has 0 saturated carbocycles. The van der Waals surface area contributed by atoms with Crippen molar-refractivity contribution < 1.29 is 9.90 Å². The minimum Gasteiger partial charge on any atom is -0.396 e. The third-order valence-electron chi connectivity index (χ3n) is 3.06. The number of rotatable bonds is 4. The lowest BCUT2D eigenvalue weighted by Crippen LogP contribution is -2.25. The quantitative estimate of drug-likeness (QED) is 0.721. The van der Waals surface area contributed by atoms with Crippen molar-refractivity contribution in [3.05, 3.63) is 35.0 Å². The Kier molecular flexibility index (Phi) is 3.67. The van der Waals surface area contributed by atoms with Crippen LogP contribution in [0.2, 0.25) is 0 Å². The van der Waals surface area contributed by atoms with Crippen molar-refractivity contribution in [2.75, 3.05) is 13.2 Å². The molecule has 2 aromatic rings. The second-order valence-corrected chi connectivity index (χ2v) is 4.51. The number of carbonyl (C=O) groups is 1. The molecule has 1 aromatic carbocycles. The van der Waals surface area contributed by atoms with Crippen LogP contribution in [0.15, 0.2) is 18.2 Å². The Morgan fingerprint density at radius 1 is 1.39 bits per heavy atom. The van der Waals surface area contributed by atoms with E-state index in [1.807, 2.05) is 26.0 Å². The van der Waals surface area contributed by atoms with Gasteiger partial charge in [-0.05, 0) is 38.0 Å². The predicted molar refractivity (Wildman–Crippen MR) is 71.8 cm³/mol. The molecule has 0 saturated heterocycles. The van der Waals surface area contributed by atoms with Crippen molar-refractivity contribution in [3.63, 3.8) is 0 Å². The number of amides is 1. The first-order valence-corrected chi connectivity index (χ1v) is 6.11. The van der Waals surface area contributed by atoms with Crippen molar-refractivity contribution in [1.29, 1.82) is 0 Å². The number of carbonyl (C=O) groups excluding carboxylic acids is 1. The molecule has 4 nitrogen and oxygen atoms in total. The molecule has 1 aromatic heterocycles. The van der Waals surface area contributed by atoms with Gasteiger partial charge >= 0.3 is 0 Å². The van der Waals surface area contributed by atoms with Gasteiger partial charge in [0.05, 0.1) is 0 Å². The molecule has 0 radical (unpaired) electrons. The van der Waals surface area contributed by atoms with Crippen LogP contribution in [0.5, 0.6) is 0 Å².